The highest BCUT2D eigenvalue weighted by molar-refractivity contribution is 5.85. The van der Waals surface area contributed by atoms with Gasteiger partial charge in [0.1, 0.15) is 0 Å². The predicted molar refractivity (Wildman–Crippen MR) is 89.3 cm³/mol. The molecule has 6 nitrogen and oxygen atoms in total. The molecule has 1 aromatic heterocycles. The minimum Gasteiger partial charge on any atom is -0.353 e. The van der Waals surface area contributed by atoms with Crippen molar-refractivity contribution in [3.8, 4) is 0 Å². The SMILES string of the molecule is Cc1noc(C2CCC(NC(=O)[C@@H]3CCC[C@@H]3CN)CC2)n1.Cl. The Balaban J connectivity index is 0.00000192. The second-order valence-electron chi connectivity index (χ2n) is 6.77. The van der Waals surface area contributed by atoms with Gasteiger partial charge in [0.15, 0.2) is 5.82 Å². The molecule has 3 rings (SSSR count). The molecular formula is C16H27ClN4O2. The third-order valence-corrected chi connectivity index (χ3v) is 5.26. The number of nitrogens with zero attached hydrogens (tertiary/aromatic N) is 2. The maximum absolute atomic E-state index is 12.4. The first-order chi connectivity index (χ1) is 10.7. The molecule has 1 aromatic rings. The Labute approximate surface area is 143 Å². The van der Waals surface area contributed by atoms with Crippen molar-refractivity contribution in [3.63, 3.8) is 0 Å². The number of carbonyl (C=O) groups is 1. The summed E-state index contributed by atoms with van der Waals surface area (Å²) < 4.78 is 5.27. The maximum atomic E-state index is 12.4. The lowest BCUT2D eigenvalue weighted by Gasteiger charge is -2.29. The van der Waals surface area contributed by atoms with Gasteiger partial charge in [-0.2, -0.15) is 4.98 Å². The molecule has 3 N–H and O–H groups in total. The largest absolute Gasteiger partial charge is 0.353 e. The number of hydrogen-bond acceptors (Lipinski definition) is 5. The van der Waals surface area contributed by atoms with Gasteiger partial charge in [0.05, 0.1) is 0 Å². The summed E-state index contributed by atoms with van der Waals surface area (Å²) in [6, 6.07) is 0.284. The van der Waals surface area contributed by atoms with E-state index < -0.39 is 0 Å². The molecule has 0 saturated heterocycles. The summed E-state index contributed by atoms with van der Waals surface area (Å²) >= 11 is 0. The average molecular weight is 343 g/mol. The standard InChI is InChI=1S/C16H26N4O2.ClH/c1-10-18-16(22-20-10)11-5-7-13(8-6-11)19-15(21)14-4-2-3-12(14)9-17;/h11-14H,2-9,17H2,1H3,(H,19,21);1H/t11?,12-,13?,14-;/m1./s1. The van der Waals surface area contributed by atoms with Gasteiger partial charge in [-0.3, -0.25) is 4.79 Å². The monoisotopic (exact) mass is 342 g/mol. The number of halogens is 1. The number of aryl methyl sites for hydroxylation is 1. The van der Waals surface area contributed by atoms with Crippen molar-refractivity contribution in [1.29, 1.82) is 0 Å². The molecular weight excluding hydrogens is 316 g/mol. The summed E-state index contributed by atoms with van der Waals surface area (Å²) in [6.07, 6.45) is 7.18. The van der Waals surface area contributed by atoms with Crippen LogP contribution in [0.25, 0.3) is 0 Å². The van der Waals surface area contributed by atoms with E-state index in [9.17, 15) is 4.79 Å². The molecule has 2 aliphatic carbocycles. The first-order valence-electron chi connectivity index (χ1n) is 8.48. The third-order valence-electron chi connectivity index (χ3n) is 5.26. The molecule has 2 aliphatic rings. The summed E-state index contributed by atoms with van der Waals surface area (Å²) in [5.74, 6) is 2.50. The summed E-state index contributed by atoms with van der Waals surface area (Å²) in [6.45, 7) is 2.47. The molecule has 1 amide bonds. The molecule has 2 atom stereocenters. The smallest absolute Gasteiger partial charge is 0.229 e. The first kappa shape index (κ1) is 18.2. The zero-order valence-corrected chi connectivity index (χ0v) is 14.5. The highest BCUT2D eigenvalue weighted by Crippen LogP contribution is 2.34. The van der Waals surface area contributed by atoms with Crippen molar-refractivity contribution in [2.45, 2.75) is 63.8 Å². The fourth-order valence-electron chi connectivity index (χ4n) is 3.94. The normalized spacial score (nSPS) is 30.7. The van der Waals surface area contributed by atoms with Gasteiger partial charge in [-0.05, 0) is 57.9 Å². The average Bonchev–Trinajstić information content (AvgIpc) is 3.16. The van der Waals surface area contributed by atoms with Crippen LogP contribution in [0.2, 0.25) is 0 Å². The molecule has 130 valence electrons. The van der Waals surface area contributed by atoms with Gasteiger partial charge in [0.25, 0.3) is 0 Å². The van der Waals surface area contributed by atoms with E-state index >= 15 is 0 Å². The van der Waals surface area contributed by atoms with E-state index in [1.165, 1.54) is 0 Å². The van der Waals surface area contributed by atoms with Crippen molar-refractivity contribution in [2.75, 3.05) is 6.54 Å². The van der Waals surface area contributed by atoms with E-state index in [0.717, 1.165) is 50.8 Å². The number of hydrogen-bond donors (Lipinski definition) is 2. The molecule has 7 heteroatoms. The number of carbonyl (C=O) groups excluding carboxylic acids is 1. The molecule has 2 fully saturated rings. The van der Waals surface area contributed by atoms with Crippen molar-refractivity contribution in [3.05, 3.63) is 11.7 Å². The number of aromatic nitrogens is 2. The molecule has 0 unspecified atom stereocenters. The van der Waals surface area contributed by atoms with Crippen LogP contribution in [0.15, 0.2) is 4.52 Å². The van der Waals surface area contributed by atoms with Crippen LogP contribution in [0.5, 0.6) is 0 Å². The summed E-state index contributed by atoms with van der Waals surface area (Å²) in [4.78, 5) is 16.8. The first-order valence-corrected chi connectivity index (χ1v) is 8.48. The Bertz CT molecular complexity index is 514. The lowest BCUT2D eigenvalue weighted by Crippen LogP contribution is -2.42. The van der Waals surface area contributed by atoms with Crippen LogP contribution in [-0.2, 0) is 4.79 Å². The Morgan fingerprint density at radius 3 is 2.61 bits per heavy atom. The van der Waals surface area contributed by atoms with Gasteiger partial charge in [-0.25, -0.2) is 0 Å². The molecule has 0 bridgehead atoms. The van der Waals surface area contributed by atoms with E-state index in [-0.39, 0.29) is 30.3 Å². The Hall–Kier alpha value is -1.14. The van der Waals surface area contributed by atoms with Gasteiger partial charge in [0, 0.05) is 17.9 Å². The minimum absolute atomic E-state index is 0. The van der Waals surface area contributed by atoms with Gasteiger partial charge in [0.2, 0.25) is 11.8 Å². The van der Waals surface area contributed by atoms with Crippen LogP contribution in [0.1, 0.15) is 62.6 Å². The van der Waals surface area contributed by atoms with Gasteiger partial charge >= 0.3 is 0 Å². The number of amides is 1. The zero-order valence-electron chi connectivity index (χ0n) is 13.7. The second-order valence-corrected chi connectivity index (χ2v) is 6.77. The third kappa shape index (κ3) is 4.23. The summed E-state index contributed by atoms with van der Waals surface area (Å²) in [7, 11) is 0. The lowest BCUT2D eigenvalue weighted by molar-refractivity contribution is -0.126. The van der Waals surface area contributed by atoms with Crippen molar-refractivity contribution in [2.24, 2.45) is 17.6 Å². The van der Waals surface area contributed by atoms with Crippen molar-refractivity contribution in [1.82, 2.24) is 15.5 Å². The molecule has 0 aromatic carbocycles. The van der Waals surface area contributed by atoms with Crippen LogP contribution in [0.3, 0.4) is 0 Å². The van der Waals surface area contributed by atoms with Crippen molar-refractivity contribution < 1.29 is 9.32 Å². The Morgan fingerprint density at radius 2 is 2.00 bits per heavy atom. The predicted octanol–water partition coefficient (Wildman–Crippen LogP) is 2.32. The summed E-state index contributed by atoms with van der Waals surface area (Å²) in [5, 5.41) is 7.10. The molecule has 23 heavy (non-hydrogen) atoms. The fourth-order valence-corrected chi connectivity index (χ4v) is 3.94. The molecule has 1 heterocycles. The van der Waals surface area contributed by atoms with Gasteiger partial charge in [-0.15, -0.1) is 12.4 Å². The van der Waals surface area contributed by atoms with E-state index in [0.29, 0.717) is 24.2 Å². The highest BCUT2D eigenvalue weighted by Gasteiger charge is 2.34. The number of nitrogens with two attached hydrogens (primary N) is 1. The van der Waals surface area contributed by atoms with E-state index in [4.69, 9.17) is 10.3 Å². The van der Waals surface area contributed by atoms with Crippen LogP contribution < -0.4 is 11.1 Å². The minimum atomic E-state index is 0. The summed E-state index contributed by atoms with van der Waals surface area (Å²) in [5.41, 5.74) is 5.78. The quantitative estimate of drug-likeness (QED) is 0.875. The van der Waals surface area contributed by atoms with Crippen molar-refractivity contribution >= 4 is 18.3 Å². The Morgan fingerprint density at radius 1 is 1.26 bits per heavy atom. The second kappa shape index (κ2) is 8.11. The van der Waals surface area contributed by atoms with E-state index in [2.05, 4.69) is 15.5 Å². The van der Waals surface area contributed by atoms with Gasteiger partial charge < -0.3 is 15.6 Å². The number of rotatable bonds is 4. The topological polar surface area (TPSA) is 94.0 Å². The van der Waals surface area contributed by atoms with Crippen LogP contribution in [-0.4, -0.2) is 28.6 Å². The molecule has 2 saturated carbocycles. The Kier molecular flexibility index (Phi) is 6.41. The van der Waals surface area contributed by atoms with Crippen LogP contribution >= 0.6 is 12.4 Å². The zero-order chi connectivity index (χ0) is 15.5. The molecule has 0 radical (unpaired) electrons. The number of nitrogens with one attached hydrogen (secondary N) is 1. The fraction of sp³-hybridized carbons (Fsp3) is 0.812. The molecule has 0 aliphatic heterocycles. The van der Waals surface area contributed by atoms with E-state index in [1.54, 1.807) is 0 Å². The molecule has 0 spiro atoms. The highest BCUT2D eigenvalue weighted by atomic mass is 35.5. The lowest BCUT2D eigenvalue weighted by atomic mass is 9.85. The van der Waals surface area contributed by atoms with E-state index in [1.807, 2.05) is 6.92 Å². The maximum Gasteiger partial charge on any atom is 0.229 e. The van der Waals surface area contributed by atoms with Crippen LogP contribution in [0, 0.1) is 18.8 Å². The van der Waals surface area contributed by atoms with Crippen LogP contribution in [0.4, 0.5) is 0 Å². The van der Waals surface area contributed by atoms with Gasteiger partial charge in [-0.1, -0.05) is 11.6 Å².